The van der Waals surface area contributed by atoms with Gasteiger partial charge in [0.15, 0.2) is 0 Å². The second-order valence-corrected chi connectivity index (χ2v) is 7.70. The smallest absolute Gasteiger partial charge is 0.313 e. The molecule has 1 aromatic rings. The standard InChI is InChI=1S/C16H25N3O3/c1-15(2,3)13-6-12(17-18-13)8-19-7-11-4-5-22-10-16(11,9-19)14(20)21/h6,11H,4-5,7-10H2,1-3H3,(H,17,18)(H,20,21)/t11-,16+/m0/s1. The maximum Gasteiger partial charge on any atom is 0.313 e. The fraction of sp³-hybridized carbons (Fsp3) is 0.750. The first kappa shape index (κ1) is 15.5. The number of ether oxygens (including phenoxy) is 1. The summed E-state index contributed by atoms with van der Waals surface area (Å²) in [6, 6.07) is 2.09. The summed E-state index contributed by atoms with van der Waals surface area (Å²) in [5.41, 5.74) is 1.37. The Morgan fingerprint density at radius 2 is 2.36 bits per heavy atom. The lowest BCUT2D eigenvalue weighted by Crippen LogP contribution is -2.46. The van der Waals surface area contributed by atoms with Gasteiger partial charge in [0.25, 0.3) is 0 Å². The highest BCUT2D eigenvalue weighted by atomic mass is 16.5. The number of aliphatic carboxylic acids is 1. The molecule has 0 unspecified atom stereocenters. The second kappa shape index (κ2) is 5.35. The highest BCUT2D eigenvalue weighted by Crippen LogP contribution is 2.42. The maximum atomic E-state index is 11.8. The molecule has 0 radical (unpaired) electrons. The number of likely N-dealkylation sites (tertiary alicyclic amines) is 1. The Morgan fingerprint density at radius 3 is 2.95 bits per heavy atom. The highest BCUT2D eigenvalue weighted by Gasteiger charge is 2.54. The number of hydrogen-bond donors (Lipinski definition) is 2. The van der Waals surface area contributed by atoms with Crippen molar-refractivity contribution in [1.82, 2.24) is 15.1 Å². The van der Waals surface area contributed by atoms with Gasteiger partial charge in [0.1, 0.15) is 5.41 Å². The van der Waals surface area contributed by atoms with Crippen molar-refractivity contribution in [3.8, 4) is 0 Å². The van der Waals surface area contributed by atoms with Gasteiger partial charge in [-0.05, 0) is 18.4 Å². The van der Waals surface area contributed by atoms with Crippen molar-refractivity contribution in [1.29, 1.82) is 0 Å². The van der Waals surface area contributed by atoms with Crippen molar-refractivity contribution in [2.45, 2.75) is 39.2 Å². The Bertz CT molecular complexity index is 563. The van der Waals surface area contributed by atoms with Crippen LogP contribution in [0.5, 0.6) is 0 Å². The van der Waals surface area contributed by atoms with Crippen LogP contribution in [0, 0.1) is 11.3 Å². The summed E-state index contributed by atoms with van der Waals surface area (Å²) in [5.74, 6) is -0.538. The van der Waals surface area contributed by atoms with Crippen LogP contribution in [0.4, 0.5) is 0 Å². The van der Waals surface area contributed by atoms with Crippen molar-refractivity contribution in [2.24, 2.45) is 11.3 Å². The Hall–Kier alpha value is -1.40. The molecule has 6 nitrogen and oxygen atoms in total. The third-order valence-corrected chi connectivity index (χ3v) is 4.96. The van der Waals surface area contributed by atoms with Gasteiger partial charge in [0.05, 0.1) is 12.3 Å². The minimum absolute atomic E-state index is 0.0177. The van der Waals surface area contributed by atoms with E-state index < -0.39 is 11.4 Å². The van der Waals surface area contributed by atoms with Gasteiger partial charge in [0.2, 0.25) is 0 Å². The number of aromatic nitrogens is 2. The van der Waals surface area contributed by atoms with Crippen LogP contribution in [-0.4, -0.2) is 52.5 Å². The van der Waals surface area contributed by atoms with Crippen LogP contribution >= 0.6 is 0 Å². The lowest BCUT2D eigenvalue weighted by molar-refractivity contribution is -0.159. The molecule has 0 aromatic carbocycles. The van der Waals surface area contributed by atoms with Crippen LogP contribution in [0.3, 0.4) is 0 Å². The SMILES string of the molecule is CC(C)(C)c1cc(CN2C[C@@H]3CCOC[C@]3(C(=O)O)C2)[nH]n1. The van der Waals surface area contributed by atoms with Gasteiger partial charge in [-0.3, -0.25) is 14.8 Å². The Kier molecular flexibility index (Phi) is 3.77. The third-order valence-electron chi connectivity index (χ3n) is 4.96. The topological polar surface area (TPSA) is 78.5 Å². The van der Waals surface area contributed by atoms with Crippen molar-refractivity contribution < 1.29 is 14.6 Å². The monoisotopic (exact) mass is 307 g/mol. The Morgan fingerprint density at radius 1 is 1.59 bits per heavy atom. The van der Waals surface area contributed by atoms with Crippen LogP contribution in [0.2, 0.25) is 0 Å². The molecule has 122 valence electrons. The number of carboxylic acids is 1. The molecular weight excluding hydrogens is 282 g/mol. The van der Waals surface area contributed by atoms with Gasteiger partial charge in [-0.1, -0.05) is 20.8 Å². The molecule has 2 N–H and O–H groups in total. The van der Waals surface area contributed by atoms with E-state index in [2.05, 4.69) is 41.9 Å². The minimum Gasteiger partial charge on any atom is -0.481 e. The van der Waals surface area contributed by atoms with E-state index in [1.165, 1.54) is 0 Å². The fourth-order valence-corrected chi connectivity index (χ4v) is 3.58. The van der Waals surface area contributed by atoms with E-state index in [9.17, 15) is 9.90 Å². The molecule has 22 heavy (non-hydrogen) atoms. The molecule has 2 fully saturated rings. The van der Waals surface area contributed by atoms with Gasteiger partial charge in [0, 0.05) is 37.4 Å². The Balaban J connectivity index is 1.72. The van der Waals surface area contributed by atoms with Crippen LogP contribution in [-0.2, 0) is 21.5 Å². The van der Waals surface area contributed by atoms with E-state index in [1.54, 1.807) is 0 Å². The van der Waals surface area contributed by atoms with Gasteiger partial charge >= 0.3 is 5.97 Å². The summed E-state index contributed by atoms with van der Waals surface area (Å²) in [6.45, 7) is 9.49. The van der Waals surface area contributed by atoms with E-state index in [1.807, 2.05) is 0 Å². The first-order chi connectivity index (χ1) is 10.3. The van der Waals surface area contributed by atoms with Crippen molar-refractivity contribution >= 4 is 5.97 Å². The van der Waals surface area contributed by atoms with Gasteiger partial charge in [-0.15, -0.1) is 0 Å². The average Bonchev–Trinajstić information content (AvgIpc) is 3.02. The highest BCUT2D eigenvalue weighted by molar-refractivity contribution is 5.76. The first-order valence-corrected chi connectivity index (χ1v) is 7.89. The molecule has 0 aliphatic carbocycles. The third kappa shape index (κ3) is 2.65. The van der Waals surface area contributed by atoms with E-state index in [4.69, 9.17) is 4.74 Å². The molecule has 0 amide bonds. The summed E-state index contributed by atoms with van der Waals surface area (Å²) in [5, 5.41) is 17.1. The lowest BCUT2D eigenvalue weighted by Gasteiger charge is -2.34. The zero-order chi connectivity index (χ0) is 16.0. The molecule has 3 rings (SSSR count). The van der Waals surface area contributed by atoms with Crippen LogP contribution in [0.15, 0.2) is 6.07 Å². The molecular formula is C16H25N3O3. The van der Waals surface area contributed by atoms with Crippen molar-refractivity contribution in [3.05, 3.63) is 17.5 Å². The minimum atomic E-state index is -0.731. The molecule has 0 bridgehead atoms. The van der Waals surface area contributed by atoms with Gasteiger partial charge < -0.3 is 9.84 Å². The number of nitrogens with one attached hydrogen (secondary N) is 1. The summed E-state index contributed by atoms with van der Waals surface area (Å²) < 4.78 is 5.47. The number of fused-ring (bicyclic) bond motifs is 1. The predicted molar refractivity (Wildman–Crippen MR) is 81.6 cm³/mol. The largest absolute Gasteiger partial charge is 0.481 e. The number of H-pyrrole nitrogens is 1. The summed E-state index contributed by atoms with van der Waals surface area (Å²) in [4.78, 5) is 14.0. The number of nitrogens with zero attached hydrogens (tertiary/aromatic N) is 2. The number of hydrogen-bond acceptors (Lipinski definition) is 4. The molecule has 1 aromatic heterocycles. The van der Waals surface area contributed by atoms with E-state index in [0.717, 1.165) is 24.4 Å². The van der Waals surface area contributed by atoms with E-state index >= 15 is 0 Å². The molecule has 2 saturated heterocycles. The Labute approximate surface area is 130 Å². The number of carbonyl (C=O) groups is 1. The molecule has 2 aliphatic heterocycles. The quantitative estimate of drug-likeness (QED) is 0.887. The van der Waals surface area contributed by atoms with Crippen molar-refractivity contribution in [3.63, 3.8) is 0 Å². The number of carboxylic acid groups (broad SMARTS) is 1. The normalized spacial score (nSPS) is 29.5. The van der Waals surface area contributed by atoms with Gasteiger partial charge in [-0.2, -0.15) is 5.10 Å². The predicted octanol–water partition coefficient (Wildman–Crippen LogP) is 1.63. The zero-order valence-electron chi connectivity index (χ0n) is 13.6. The number of aromatic amines is 1. The number of rotatable bonds is 3. The molecule has 2 aliphatic rings. The van der Waals surface area contributed by atoms with E-state index in [-0.39, 0.29) is 11.3 Å². The molecule has 6 heteroatoms. The molecule has 0 saturated carbocycles. The first-order valence-electron chi connectivity index (χ1n) is 7.89. The van der Waals surface area contributed by atoms with Crippen LogP contribution < -0.4 is 0 Å². The summed E-state index contributed by atoms with van der Waals surface area (Å²) in [6.07, 6.45) is 0.832. The van der Waals surface area contributed by atoms with Crippen LogP contribution in [0.25, 0.3) is 0 Å². The second-order valence-electron chi connectivity index (χ2n) is 7.70. The fourth-order valence-electron chi connectivity index (χ4n) is 3.58. The van der Waals surface area contributed by atoms with E-state index in [0.29, 0.717) is 26.3 Å². The molecule has 3 heterocycles. The molecule has 2 atom stereocenters. The summed E-state index contributed by atoms with van der Waals surface area (Å²) in [7, 11) is 0. The van der Waals surface area contributed by atoms with Crippen LogP contribution in [0.1, 0.15) is 38.6 Å². The summed E-state index contributed by atoms with van der Waals surface area (Å²) >= 11 is 0. The lowest BCUT2D eigenvalue weighted by atomic mass is 9.76. The van der Waals surface area contributed by atoms with Crippen molar-refractivity contribution in [2.75, 3.05) is 26.3 Å². The average molecular weight is 307 g/mol. The maximum absolute atomic E-state index is 11.8. The van der Waals surface area contributed by atoms with Gasteiger partial charge in [-0.25, -0.2) is 0 Å². The zero-order valence-corrected chi connectivity index (χ0v) is 13.6. The molecule has 0 spiro atoms.